The van der Waals surface area contributed by atoms with Crippen molar-refractivity contribution in [2.75, 3.05) is 6.61 Å². The van der Waals surface area contributed by atoms with Crippen molar-refractivity contribution < 1.29 is 15.0 Å². The first-order chi connectivity index (χ1) is 37.7. The van der Waals surface area contributed by atoms with Gasteiger partial charge < -0.3 is 15.5 Å². The summed E-state index contributed by atoms with van der Waals surface area (Å²) >= 11 is 0. The molecular formula is C72H141NO3. The van der Waals surface area contributed by atoms with Crippen LogP contribution in [0.2, 0.25) is 0 Å². The monoisotopic (exact) mass is 1070 g/mol. The summed E-state index contributed by atoms with van der Waals surface area (Å²) in [5, 5.41) is 23.3. The zero-order valence-corrected chi connectivity index (χ0v) is 52.3. The van der Waals surface area contributed by atoms with Gasteiger partial charge in [-0.2, -0.15) is 0 Å². The summed E-state index contributed by atoms with van der Waals surface area (Å²) in [6.45, 7) is 4.36. The molecule has 76 heavy (non-hydrogen) atoms. The molecule has 2 atom stereocenters. The number of carbonyl (C=O) groups excluding carboxylic acids is 1. The molecule has 0 bridgehead atoms. The molecule has 452 valence electrons. The molecule has 0 aliphatic rings. The number of carbonyl (C=O) groups is 1. The van der Waals surface area contributed by atoms with Crippen molar-refractivity contribution in [3.8, 4) is 0 Å². The molecule has 0 saturated carbocycles. The highest BCUT2D eigenvalue weighted by atomic mass is 16.3. The van der Waals surface area contributed by atoms with E-state index in [0.29, 0.717) is 6.42 Å². The van der Waals surface area contributed by atoms with Crippen LogP contribution < -0.4 is 5.32 Å². The summed E-state index contributed by atoms with van der Waals surface area (Å²) in [5.74, 6) is -0.0551. The molecule has 0 aromatic heterocycles. The third-order valence-corrected chi connectivity index (χ3v) is 16.9. The number of hydrogen-bond acceptors (Lipinski definition) is 3. The molecule has 0 aromatic carbocycles. The number of nitrogens with one attached hydrogen (secondary N) is 1. The van der Waals surface area contributed by atoms with Gasteiger partial charge in [0.15, 0.2) is 0 Å². The quantitative estimate of drug-likeness (QED) is 0.0420. The van der Waals surface area contributed by atoms with Crippen molar-refractivity contribution in [2.45, 2.75) is 424 Å². The van der Waals surface area contributed by atoms with Crippen LogP contribution in [0.5, 0.6) is 0 Å². The molecule has 2 unspecified atom stereocenters. The van der Waals surface area contributed by atoms with Crippen LogP contribution >= 0.6 is 0 Å². The van der Waals surface area contributed by atoms with Gasteiger partial charge in [-0.05, 0) is 44.9 Å². The van der Waals surface area contributed by atoms with Crippen LogP contribution in [0, 0.1) is 0 Å². The van der Waals surface area contributed by atoms with Crippen LogP contribution in [0.3, 0.4) is 0 Å². The first-order valence-corrected chi connectivity index (χ1v) is 35.6. The highest BCUT2D eigenvalue weighted by Gasteiger charge is 2.18. The molecule has 0 aliphatic heterocycles. The Morgan fingerprint density at radius 2 is 0.500 bits per heavy atom. The molecule has 4 heteroatoms. The van der Waals surface area contributed by atoms with Gasteiger partial charge in [0.25, 0.3) is 0 Å². The summed E-state index contributed by atoms with van der Waals surface area (Å²) in [7, 11) is 0. The van der Waals surface area contributed by atoms with Gasteiger partial charge in [-0.25, -0.2) is 0 Å². The summed E-state index contributed by atoms with van der Waals surface area (Å²) in [6.07, 6.45) is 92.8. The highest BCUT2D eigenvalue weighted by molar-refractivity contribution is 5.76. The van der Waals surface area contributed by atoms with Crippen molar-refractivity contribution in [2.24, 2.45) is 0 Å². The molecule has 3 N–H and O–H groups in total. The SMILES string of the molecule is CCCCCCCCCCCCCCCCCCCC/C=C\CCCCCCCCCCCCCCCCCCCC(=O)NC(CO)C(O)/C=C/CCCCCCCCCCCCCCCCCCCCCCCCC. The van der Waals surface area contributed by atoms with E-state index in [1.165, 1.54) is 366 Å². The first-order valence-electron chi connectivity index (χ1n) is 35.6. The summed E-state index contributed by atoms with van der Waals surface area (Å²) in [5.41, 5.74) is 0. The van der Waals surface area contributed by atoms with Gasteiger partial charge in [0, 0.05) is 6.42 Å². The maximum atomic E-state index is 12.5. The Hall–Kier alpha value is -1.13. The first kappa shape index (κ1) is 74.9. The van der Waals surface area contributed by atoms with Gasteiger partial charge >= 0.3 is 0 Å². The third kappa shape index (κ3) is 63.7. The van der Waals surface area contributed by atoms with Crippen LogP contribution in [0.25, 0.3) is 0 Å². The number of hydrogen-bond donors (Lipinski definition) is 3. The van der Waals surface area contributed by atoms with Crippen molar-refractivity contribution in [1.29, 1.82) is 0 Å². The van der Waals surface area contributed by atoms with Crippen LogP contribution in [-0.2, 0) is 4.79 Å². The topological polar surface area (TPSA) is 69.6 Å². The lowest BCUT2D eigenvalue weighted by molar-refractivity contribution is -0.123. The summed E-state index contributed by atoms with van der Waals surface area (Å²) in [6, 6.07) is -0.621. The smallest absolute Gasteiger partial charge is 0.220 e. The van der Waals surface area contributed by atoms with E-state index in [2.05, 4.69) is 31.3 Å². The molecular weight excluding hydrogens is 927 g/mol. The Morgan fingerprint density at radius 3 is 0.724 bits per heavy atom. The summed E-state index contributed by atoms with van der Waals surface area (Å²) in [4.78, 5) is 12.5. The van der Waals surface area contributed by atoms with Gasteiger partial charge in [-0.1, -0.05) is 385 Å². The molecule has 0 aliphatic carbocycles. The van der Waals surface area contributed by atoms with E-state index in [-0.39, 0.29) is 12.5 Å². The highest BCUT2D eigenvalue weighted by Crippen LogP contribution is 2.19. The number of aliphatic hydroxyl groups is 2. The maximum Gasteiger partial charge on any atom is 0.220 e. The number of unbranched alkanes of at least 4 members (excludes halogenated alkanes) is 58. The van der Waals surface area contributed by atoms with Crippen molar-refractivity contribution >= 4 is 5.91 Å². The van der Waals surface area contributed by atoms with Crippen molar-refractivity contribution in [3.63, 3.8) is 0 Å². The van der Waals surface area contributed by atoms with Gasteiger partial charge in [-0.15, -0.1) is 0 Å². The number of allylic oxidation sites excluding steroid dienone is 3. The van der Waals surface area contributed by atoms with Crippen molar-refractivity contribution in [1.82, 2.24) is 5.32 Å². The van der Waals surface area contributed by atoms with Crippen LogP contribution in [0.1, 0.15) is 412 Å². The van der Waals surface area contributed by atoms with E-state index in [9.17, 15) is 15.0 Å². The van der Waals surface area contributed by atoms with Crippen LogP contribution in [0.4, 0.5) is 0 Å². The fraction of sp³-hybridized carbons (Fsp3) is 0.931. The third-order valence-electron chi connectivity index (χ3n) is 16.9. The zero-order chi connectivity index (χ0) is 54.8. The molecule has 0 fully saturated rings. The molecule has 0 radical (unpaired) electrons. The van der Waals surface area contributed by atoms with E-state index in [1.54, 1.807) is 6.08 Å². The minimum atomic E-state index is -0.839. The minimum absolute atomic E-state index is 0.0551. The molecule has 0 spiro atoms. The number of rotatable bonds is 67. The van der Waals surface area contributed by atoms with Crippen molar-refractivity contribution in [3.05, 3.63) is 24.3 Å². The zero-order valence-electron chi connectivity index (χ0n) is 52.3. The summed E-state index contributed by atoms with van der Waals surface area (Å²) < 4.78 is 0. The van der Waals surface area contributed by atoms with Gasteiger partial charge in [0.05, 0.1) is 18.8 Å². The molecule has 0 rings (SSSR count). The predicted molar refractivity (Wildman–Crippen MR) is 341 cm³/mol. The average Bonchev–Trinajstić information content (AvgIpc) is 3.42. The Labute approximate surface area is 479 Å². The van der Waals surface area contributed by atoms with Gasteiger partial charge in [0.2, 0.25) is 5.91 Å². The lowest BCUT2D eigenvalue weighted by Gasteiger charge is -2.20. The Bertz CT molecular complexity index is 1120. The predicted octanol–water partition coefficient (Wildman–Crippen LogP) is 24.2. The Balaban J connectivity index is 3.39. The standard InChI is InChI=1S/C72H141NO3/c1-3-5-7-9-11-13-15-17-19-21-23-25-27-29-30-31-32-33-34-35-36-37-38-39-40-41-42-44-46-48-50-52-54-56-58-60-62-64-66-68-72(76)73-70(69-74)71(75)67-65-63-61-59-57-55-53-51-49-47-45-43-28-26-24-22-20-18-16-14-12-10-8-6-4-2/h35-36,65,67,70-71,74-75H,3-34,37-64,66,68-69H2,1-2H3,(H,73,76)/b36-35-,67-65+. The Kier molecular flexibility index (Phi) is 67.1. The molecule has 1 amide bonds. The van der Waals surface area contributed by atoms with E-state index < -0.39 is 12.1 Å². The average molecular weight is 1070 g/mol. The van der Waals surface area contributed by atoms with E-state index in [0.717, 1.165) is 25.7 Å². The van der Waals surface area contributed by atoms with E-state index in [4.69, 9.17) is 0 Å². The maximum absolute atomic E-state index is 12.5. The lowest BCUT2D eigenvalue weighted by Crippen LogP contribution is -2.45. The largest absolute Gasteiger partial charge is 0.394 e. The van der Waals surface area contributed by atoms with Crippen LogP contribution in [0.15, 0.2) is 24.3 Å². The normalized spacial score (nSPS) is 12.7. The lowest BCUT2D eigenvalue weighted by atomic mass is 10.0. The van der Waals surface area contributed by atoms with Gasteiger partial charge in [0.1, 0.15) is 0 Å². The molecule has 4 nitrogen and oxygen atoms in total. The fourth-order valence-corrected chi connectivity index (χ4v) is 11.5. The number of amides is 1. The van der Waals surface area contributed by atoms with Gasteiger partial charge in [-0.3, -0.25) is 4.79 Å². The molecule has 0 aromatic rings. The van der Waals surface area contributed by atoms with Crippen LogP contribution in [-0.4, -0.2) is 34.9 Å². The second-order valence-corrected chi connectivity index (χ2v) is 24.7. The second kappa shape index (κ2) is 68.1. The molecule has 0 saturated heterocycles. The minimum Gasteiger partial charge on any atom is -0.394 e. The fourth-order valence-electron chi connectivity index (χ4n) is 11.5. The van der Waals surface area contributed by atoms with E-state index in [1.807, 2.05) is 6.08 Å². The number of aliphatic hydroxyl groups excluding tert-OH is 2. The second-order valence-electron chi connectivity index (χ2n) is 24.7. The van der Waals surface area contributed by atoms with E-state index >= 15 is 0 Å². The molecule has 0 heterocycles. The Morgan fingerprint density at radius 1 is 0.303 bits per heavy atom.